The minimum absolute atomic E-state index is 0.232. The molecule has 162 valence electrons. The first-order valence-electron chi connectivity index (χ1n) is 10.4. The van der Waals surface area contributed by atoms with Gasteiger partial charge in [-0.05, 0) is 44.5 Å². The number of amides is 2. The molecule has 2 heterocycles. The van der Waals surface area contributed by atoms with E-state index in [1.165, 1.54) is 12.1 Å². The van der Waals surface area contributed by atoms with Gasteiger partial charge in [0.25, 0.3) is 5.91 Å². The molecule has 0 saturated heterocycles. The molecule has 0 spiro atoms. The summed E-state index contributed by atoms with van der Waals surface area (Å²) < 4.78 is 15.8. The Hall–Kier alpha value is -2.74. The first kappa shape index (κ1) is 22.0. The van der Waals surface area contributed by atoms with Crippen molar-refractivity contribution in [3.8, 4) is 11.4 Å². The monoisotopic (exact) mass is 415 g/mol. The third-order valence-corrected chi connectivity index (χ3v) is 5.29. The second kappa shape index (κ2) is 9.38. The first-order chi connectivity index (χ1) is 14.3. The minimum atomic E-state index is -0.638. The van der Waals surface area contributed by atoms with Gasteiger partial charge in [-0.1, -0.05) is 26.0 Å². The van der Waals surface area contributed by atoms with Gasteiger partial charge in [0.15, 0.2) is 5.69 Å². The summed E-state index contributed by atoms with van der Waals surface area (Å²) in [6.45, 7) is 6.14. The Balaban J connectivity index is 2.01. The normalized spacial score (nSPS) is 15.4. The maximum atomic E-state index is 13.8. The molecule has 1 aromatic carbocycles. The number of imidazole rings is 1. The molecule has 2 amide bonds. The van der Waals surface area contributed by atoms with Gasteiger partial charge < -0.3 is 20.1 Å². The number of nitrogens with one attached hydrogen (secondary N) is 2. The van der Waals surface area contributed by atoms with E-state index in [0.29, 0.717) is 36.6 Å². The van der Waals surface area contributed by atoms with Crippen LogP contribution in [0.3, 0.4) is 0 Å². The maximum absolute atomic E-state index is 13.8. The van der Waals surface area contributed by atoms with Crippen LogP contribution in [0.15, 0.2) is 24.3 Å². The second-order valence-corrected chi connectivity index (χ2v) is 8.25. The van der Waals surface area contributed by atoms with Crippen molar-refractivity contribution in [2.24, 2.45) is 5.92 Å². The molecule has 0 saturated carbocycles. The van der Waals surface area contributed by atoms with E-state index in [0.717, 1.165) is 18.7 Å². The Morgan fingerprint density at radius 2 is 2.03 bits per heavy atom. The van der Waals surface area contributed by atoms with Gasteiger partial charge in [0.2, 0.25) is 5.91 Å². The molecule has 8 heteroatoms. The number of carbonyl (C=O) groups is 2. The van der Waals surface area contributed by atoms with Crippen molar-refractivity contribution in [3.63, 3.8) is 0 Å². The Labute approximate surface area is 176 Å². The van der Waals surface area contributed by atoms with E-state index in [2.05, 4.69) is 20.5 Å². The summed E-state index contributed by atoms with van der Waals surface area (Å²) >= 11 is 0. The van der Waals surface area contributed by atoms with Crippen LogP contribution in [0.2, 0.25) is 0 Å². The Morgan fingerprint density at radius 1 is 1.27 bits per heavy atom. The van der Waals surface area contributed by atoms with E-state index >= 15 is 0 Å². The molecule has 30 heavy (non-hydrogen) atoms. The van der Waals surface area contributed by atoms with Crippen LogP contribution in [-0.2, 0) is 17.9 Å². The highest BCUT2D eigenvalue weighted by Gasteiger charge is 2.29. The summed E-state index contributed by atoms with van der Waals surface area (Å²) in [7, 11) is 3.56. The van der Waals surface area contributed by atoms with Gasteiger partial charge in [0.05, 0.1) is 5.69 Å². The van der Waals surface area contributed by atoms with Gasteiger partial charge in [0, 0.05) is 25.7 Å². The topological polar surface area (TPSA) is 79.3 Å². The molecule has 0 fully saturated rings. The van der Waals surface area contributed by atoms with Gasteiger partial charge in [-0.15, -0.1) is 0 Å². The number of nitrogens with zero attached hydrogens (tertiary/aromatic N) is 3. The molecule has 0 radical (unpaired) electrons. The van der Waals surface area contributed by atoms with Crippen LogP contribution in [0.1, 0.15) is 42.9 Å². The molecule has 1 unspecified atom stereocenters. The highest BCUT2D eigenvalue weighted by Crippen LogP contribution is 2.26. The second-order valence-electron chi connectivity index (χ2n) is 8.25. The highest BCUT2D eigenvalue weighted by molar-refractivity contribution is 5.97. The summed E-state index contributed by atoms with van der Waals surface area (Å²) in [6, 6.07) is 5.61. The van der Waals surface area contributed by atoms with Crippen LogP contribution in [0.25, 0.3) is 11.4 Å². The summed E-state index contributed by atoms with van der Waals surface area (Å²) in [5.74, 6) is -0.153. The first-order valence-corrected chi connectivity index (χ1v) is 10.4. The number of halogens is 1. The van der Waals surface area contributed by atoms with Crippen molar-refractivity contribution in [1.82, 2.24) is 25.1 Å². The largest absolute Gasteiger partial charge is 0.357 e. The molecule has 3 rings (SSSR count). The zero-order valence-electron chi connectivity index (χ0n) is 18.0. The third kappa shape index (κ3) is 4.87. The van der Waals surface area contributed by atoms with E-state index in [1.54, 1.807) is 19.2 Å². The molecule has 2 aromatic rings. The minimum Gasteiger partial charge on any atom is -0.357 e. The Bertz CT molecular complexity index is 924. The van der Waals surface area contributed by atoms with Gasteiger partial charge in [-0.3, -0.25) is 9.59 Å². The number of benzene rings is 1. The number of rotatable bonds is 6. The molecule has 0 aliphatic carbocycles. The predicted octanol–water partition coefficient (Wildman–Crippen LogP) is 2.42. The Kier molecular flexibility index (Phi) is 6.87. The van der Waals surface area contributed by atoms with Crippen molar-refractivity contribution in [3.05, 3.63) is 41.5 Å². The van der Waals surface area contributed by atoms with Crippen LogP contribution in [0.4, 0.5) is 4.39 Å². The lowest BCUT2D eigenvalue weighted by Gasteiger charge is -2.19. The molecule has 7 nitrogen and oxygen atoms in total. The Morgan fingerprint density at radius 3 is 2.70 bits per heavy atom. The lowest BCUT2D eigenvalue weighted by atomic mass is 10.0. The fraction of sp³-hybridized carbons (Fsp3) is 0.500. The van der Waals surface area contributed by atoms with Crippen molar-refractivity contribution in [2.75, 3.05) is 20.6 Å². The van der Waals surface area contributed by atoms with E-state index < -0.39 is 6.04 Å². The van der Waals surface area contributed by atoms with Gasteiger partial charge in [-0.25, -0.2) is 9.37 Å². The fourth-order valence-electron chi connectivity index (χ4n) is 3.85. The zero-order valence-corrected chi connectivity index (χ0v) is 18.0. The van der Waals surface area contributed by atoms with Crippen molar-refractivity contribution < 1.29 is 14.0 Å². The molecule has 2 N–H and O–H groups in total. The quantitative estimate of drug-likeness (QED) is 0.760. The van der Waals surface area contributed by atoms with Crippen LogP contribution < -0.4 is 10.6 Å². The fourth-order valence-corrected chi connectivity index (χ4v) is 3.85. The summed E-state index contributed by atoms with van der Waals surface area (Å²) in [5, 5.41) is 5.47. The van der Waals surface area contributed by atoms with Gasteiger partial charge >= 0.3 is 0 Å². The lowest BCUT2D eigenvalue weighted by molar-refractivity contribution is -0.122. The predicted molar refractivity (Wildman–Crippen MR) is 113 cm³/mol. The van der Waals surface area contributed by atoms with Crippen molar-refractivity contribution >= 4 is 11.8 Å². The number of carbonyl (C=O) groups excluding carboxylic acids is 2. The number of likely N-dealkylation sites (N-methyl/N-ethyl adjacent to an activating group) is 1. The van der Waals surface area contributed by atoms with Crippen LogP contribution in [-0.4, -0.2) is 52.9 Å². The van der Waals surface area contributed by atoms with Crippen molar-refractivity contribution in [2.45, 2.75) is 45.8 Å². The molecule has 1 aromatic heterocycles. The molecular formula is C22H30FN5O2. The standard InChI is InChI=1S/C22H30FN5O2/c1-14(2)11-17(21(29)24-3)25-22(30)19-18-13-27(4)9-6-10-28(18)20(26-19)15-7-5-8-16(23)12-15/h5,7-8,12,14,17H,6,9-11,13H2,1-4H3,(H,24,29)(H,25,30). The van der Waals surface area contributed by atoms with Crippen LogP contribution in [0, 0.1) is 11.7 Å². The number of aromatic nitrogens is 2. The smallest absolute Gasteiger partial charge is 0.272 e. The number of fused-ring (bicyclic) bond motifs is 1. The van der Waals surface area contributed by atoms with Crippen LogP contribution in [0.5, 0.6) is 0 Å². The SMILES string of the molecule is CNC(=O)C(CC(C)C)NC(=O)c1nc(-c2cccc(F)c2)n2c1CN(C)CCC2. The molecule has 0 bridgehead atoms. The average Bonchev–Trinajstić information content (AvgIpc) is 2.93. The van der Waals surface area contributed by atoms with E-state index in [9.17, 15) is 14.0 Å². The van der Waals surface area contributed by atoms with Crippen molar-refractivity contribution in [1.29, 1.82) is 0 Å². The third-order valence-electron chi connectivity index (χ3n) is 5.29. The summed E-state index contributed by atoms with van der Waals surface area (Å²) in [6.07, 6.45) is 1.43. The molecule has 1 atom stereocenters. The van der Waals surface area contributed by atoms with E-state index in [-0.39, 0.29) is 23.5 Å². The van der Waals surface area contributed by atoms with Gasteiger partial charge in [-0.2, -0.15) is 0 Å². The van der Waals surface area contributed by atoms with Crippen LogP contribution >= 0.6 is 0 Å². The average molecular weight is 416 g/mol. The maximum Gasteiger partial charge on any atom is 0.272 e. The van der Waals surface area contributed by atoms with Gasteiger partial charge in [0.1, 0.15) is 17.7 Å². The summed E-state index contributed by atoms with van der Waals surface area (Å²) in [5.41, 5.74) is 1.71. The number of hydrogen-bond acceptors (Lipinski definition) is 4. The number of hydrogen-bond donors (Lipinski definition) is 2. The van der Waals surface area contributed by atoms with E-state index in [1.807, 2.05) is 25.5 Å². The lowest BCUT2D eigenvalue weighted by Crippen LogP contribution is -2.46. The zero-order chi connectivity index (χ0) is 21.8. The molecule has 1 aliphatic heterocycles. The summed E-state index contributed by atoms with van der Waals surface area (Å²) in [4.78, 5) is 32.2. The molecular weight excluding hydrogens is 385 g/mol. The highest BCUT2D eigenvalue weighted by atomic mass is 19.1. The van der Waals surface area contributed by atoms with E-state index in [4.69, 9.17) is 0 Å². The molecule has 1 aliphatic rings.